The maximum atomic E-state index is 13.1. The van der Waals surface area contributed by atoms with Gasteiger partial charge in [0.1, 0.15) is 6.54 Å². The SMILES string of the molecule is CC(C)N(C(=O)CN(c1nccs1)S(=O)(=O)c1ccccc1)C(C)C. The van der Waals surface area contributed by atoms with E-state index in [1.807, 2.05) is 27.7 Å². The van der Waals surface area contributed by atoms with Crippen molar-refractivity contribution < 1.29 is 13.2 Å². The number of amides is 1. The minimum absolute atomic E-state index is 0.0231. The first-order chi connectivity index (χ1) is 11.7. The zero-order valence-corrected chi connectivity index (χ0v) is 16.4. The van der Waals surface area contributed by atoms with Gasteiger partial charge in [-0.1, -0.05) is 18.2 Å². The molecule has 0 saturated carbocycles. The van der Waals surface area contributed by atoms with Crippen LogP contribution >= 0.6 is 11.3 Å². The Kier molecular flexibility index (Phi) is 6.18. The molecule has 2 rings (SSSR count). The summed E-state index contributed by atoms with van der Waals surface area (Å²) in [6.07, 6.45) is 1.53. The number of rotatable bonds is 7. The van der Waals surface area contributed by atoms with E-state index in [4.69, 9.17) is 0 Å². The molecule has 0 saturated heterocycles. The van der Waals surface area contributed by atoms with E-state index < -0.39 is 10.0 Å². The van der Waals surface area contributed by atoms with E-state index in [0.717, 1.165) is 4.31 Å². The van der Waals surface area contributed by atoms with Crippen LogP contribution in [0, 0.1) is 0 Å². The molecule has 136 valence electrons. The third-order valence-electron chi connectivity index (χ3n) is 3.64. The van der Waals surface area contributed by atoms with Crippen LogP contribution in [0.5, 0.6) is 0 Å². The van der Waals surface area contributed by atoms with E-state index in [2.05, 4.69) is 4.98 Å². The highest BCUT2D eigenvalue weighted by Gasteiger charge is 2.31. The molecule has 0 bridgehead atoms. The molecular formula is C17H23N3O3S2. The number of thiazole rings is 1. The Bertz CT molecular complexity index is 780. The summed E-state index contributed by atoms with van der Waals surface area (Å²) in [5, 5.41) is 1.97. The van der Waals surface area contributed by atoms with E-state index >= 15 is 0 Å². The first kappa shape index (κ1) is 19.4. The highest BCUT2D eigenvalue weighted by atomic mass is 32.2. The van der Waals surface area contributed by atoms with Gasteiger partial charge in [-0.25, -0.2) is 17.7 Å². The minimum Gasteiger partial charge on any atom is -0.336 e. The van der Waals surface area contributed by atoms with Crippen molar-refractivity contribution in [3.05, 3.63) is 41.9 Å². The van der Waals surface area contributed by atoms with Crippen LogP contribution in [-0.4, -0.2) is 42.8 Å². The smallest absolute Gasteiger partial charge is 0.266 e. The second kappa shape index (κ2) is 7.97. The van der Waals surface area contributed by atoms with Crippen molar-refractivity contribution in [1.82, 2.24) is 9.88 Å². The second-order valence-electron chi connectivity index (χ2n) is 6.13. The van der Waals surface area contributed by atoms with E-state index in [9.17, 15) is 13.2 Å². The molecule has 0 aliphatic carbocycles. The van der Waals surface area contributed by atoms with E-state index in [1.54, 1.807) is 28.5 Å². The van der Waals surface area contributed by atoms with Gasteiger partial charge in [0, 0.05) is 23.7 Å². The normalized spacial score (nSPS) is 11.8. The van der Waals surface area contributed by atoms with Crippen LogP contribution in [0.2, 0.25) is 0 Å². The predicted molar refractivity (Wildman–Crippen MR) is 100 cm³/mol. The third-order valence-corrected chi connectivity index (χ3v) is 6.30. The predicted octanol–water partition coefficient (Wildman–Crippen LogP) is 2.98. The molecular weight excluding hydrogens is 358 g/mol. The molecule has 0 aliphatic rings. The maximum Gasteiger partial charge on any atom is 0.266 e. The first-order valence-electron chi connectivity index (χ1n) is 8.03. The Balaban J connectivity index is 2.40. The monoisotopic (exact) mass is 381 g/mol. The van der Waals surface area contributed by atoms with Crippen molar-refractivity contribution in [2.45, 2.75) is 44.7 Å². The fraction of sp³-hybridized carbons (Fsp3) is 0.412. The summed E-state index contributed by atoms with van der Waals surface area (Å²) in [7, 11) is -3.87. The van der Waals surface area contributed by atoms with Crippen LogP contribution in [0.4, 0.5) is 5.13 Å². The molecule has 0 unspecified atom stereocenters. The average Bonchev–Trinajstić information content (AvgIpc) is 3.06. The minimum atomic E-state index is -3.87. The summed E-state index contributed by atoms with van der Waals surface area (Å²) in [5.74, 6) is -0.250. The van der Waals surface area contributed by atoms with Gasteiger partial charge < -0.3 is 4.90 Å². The number of carbonyl (C=O) groups excluding carboxylic acids is 1. The number of sulfonamides is 1. The van der Waals surface area contributed by atoms with Crippen molar-refractivity contribution in [3.63, 3.8) is 0 Å². The molecule has 0 atom stereocenters. The molecule has 0 spiro atoms. The van der Waals surface area contributed by atoms with E-state index in [-0.39, 0.29) is 34.6 Å². The van der Waals surface area contributed by atoms with Crippen LogP contribution in [0.3, 0.4) is 0 Å². The summed E-state index contributed by atoms with van der Waals surface area (Å²) in [6, 6.07) is 8.05. The molecule has 6 nitrogen and oxygen atoms in total. The molecule has 0 radical (unpaired) electrons. The van der Waals surface area contributed by atoms with Crippen molar-refractivity contribution in [2.24, 2.45) is 0 Å². The van der Waals surface area contributed by atoms with Gasteiger partial charge in [-0.15, -0.1) is 11.3 Å². The Morgan fingerprint density at radius 3 is 2.20 bits per heavy atom. The summed E-state index contributed by atoms with van der Waals surface area (Å²) >= 11 is 1.19. The lowest BCUT2D eigenvalue weighted by molar-refractivity contribution is -0.133. The van der Waals surface area contributed by atoms with Gasteiger partial charge in [0.15, 0.2) is 5.13 Å². The van der Waals surface area contributed by atoms with Crippen LogP contribution in [0.15, 0.2) is 46.8 Å². The zero-order chi connectivity index (χ0) is 18.6. The summed E-state index contributed by atoms with van der Waals surface area (Å²) in [6.45, 7) is 7.38. The van der Waals surface area contributed by atoms with Crippen molar-refractivity contribution >= 4 is 32.4 Å². The van der Waals surface area contributed by atoms with E-state index in [0.29, 0.717) is 0 Å². The fourth-order valence-electron chi connectivity index (χ4n) is 2.69. The molecule has 1 amide bonds. The average molecular weight is 382 g/mol. The number of anilines is 1. The van der Waals surface area contributed by atoms with Gasteiger partial charge in [0.25, 0.3) is 10.0 Å². The summed E-state index contributed by atoms with van der Waals surface area (Å²) < 4.78 is 27.2. The molecule has 0 aliphatic heterocycles. The quantitative estimate of drug-likeness (QED) is 0.739. The Morgan fingerprint density at radius 2 is 1.72 bits per heavy atom. The van der Waals surface area contributed by atoms with Crippen LogP contribution in [0.1, 0.15) is 27.7 Å². The van der Waals surface area contributed by atoms with Gasteiger partial charge in [-0.05, 0) is 39.8 Å². The Morgan fingerprint density at radius 1 is 1.12 bits per heavy atom. The molecule has 8 heteroatoms. The van der Waals surface area contributed by atoms with Gasteiger partial charge in [-0.3, -0.25) is 4.79 Å². The van der Waals surface area contributed by atoms with Crippen molar-refractivity contribution in [1.29, 1.82) is 0 Å². The van der Waals surface area contributed by atoms with Gasteiger partial charge in [0.05, 0.1) is 4.90 Å². The standard InChI is InChI=1S/C17H23N3O3S2/c1-13(2)20(14(3)4)16(21)12-19(17-18-10-11-24-17)25(22,23)15-8-6-5-7-9-15/h5-11,13-14H,12H2,1-4H3. The van der Waals surface area contributed by atoms with Gasteiger partial charge in [0.2, 0.25) is 5.91 Å². The van der Waals surface area contributed by atoms with Crippen LogP contribution in [-0.2, 0) is 14.8 Å². The lowest BCUT2D eigenvalue weighted by Crippen LogP contribution is -2.48. The zero-order valence-electron chi connectivity index (χ0n) is 14.8. The highest BCUT2D eigenvalue weighted by Crippen LogP contribution is 2.25. The molecule has 0 N–H and O–H groups in total. The third kappa shape index (κ3) is 4.38. The number of aromatic nitrogens is 1. The van der Waals surface area contributed by atoms with Crippen molar-refractivity contribution in [2.75, 3.05) is 10.8 Å². The number of hydrogen-bond acceptors (Lipinski definition) is 5. The molecule has 1 aromatic heterocycles. The molecule has 1 heterocycles. The highest BCUT2D eigenvalue weighted by molar-refractivity contribution is 7.93. The number of benzene rings is 1. The Hall–Kier alpha value is -1.93. The number of hydrogen-bond donors (Lipinski definition) is 0. The Labute approximate surface area is 153 Å². The largest absolute Gasteiger partial charge is 0.336 e. The number of carbonyl (C=O) groups is 1. The summed E-state index contributed by atoms with van der Waals surface area (Å²) in [4.78, 5) is 18.7. The van der Waals surface area contributed by atoms with Gasteiger partial charge >= 0.3 is 0 Å². The summed E-state index contributed by atoms with van der Waals surface area (Å²) in [5.41, 5.74) is 0. The first-order valence-corrected chi connectivity index (χ1v) is 10.4. The second-order valence-corrected chi connectivity index (χ2v) is 8.86. The lowest BCUT2D eigenvalue weighted by Gasteiger charge is -2.32. The maximum absolute atomic E-state index is 13.1. The van der Waals surface area contributed by atoms with E-state index in [1.165, 1.54) is 29.7 Å². The number of nitrogens with zero attached hydrogens (tertiary/aromatic N) is 3. The molecule has 1 aromatic carbocycles. The van der Waals surface area contributed by atoms with Gasteiger partial charge in [-0.2, -0.15) is 0 Å². The molecule has 0 fully saturated rings. The lowest BCUT2D eigenvalue weighted by atomic mass is 10.2. The fourth-order valence-corrected chi connectivity index (χ4v) is 4.95. The van der Waals surface area contributed by atoms with Crippen LogP contribution < -0.4 is 4.31 Å². The van der Waals surface area contributed by atoms with Crippen molar-refractivity contribution in [3.8, 4) is 0 Å². The van der Waals surface area contributed by atoms with Crippen LogP contribution in [0.25, 0.3) is 0 Å². The molecule has 2 aromatic rings. The topological polar surface area (TPSA) is 70.6 Å². The molecule has 25 heavy (non-hydrogen) atoms.